The molecular formula is C19H25N5O4. The average molecular weight is 387 g/mol. The van der Waals surface area contributed by atoms with E-state index < -0.39 is 0 Å². The molecular weight excluding hydrogens is 362 g/mol. The minimum absolute atomic E-state index is 0.0413. The Hall–Kier alpha value is -3.07. The second kappa shape index (κ2) is 9.75. The molecule has 2 N–H and O–H groups in total. The molecule has 0 saturated carbocycles. The fraction of sp³-hybridized carbons (Fsp3) is 0.421. The first kappa shape index (κ1) is 19.7. The Balaban J connectivity index is 1.42. The predicted molar refractivity (Wildman–Crippen MR) is 103 cm³/mol. The number of amides is 3. The smallest absolute Gasteiger partial charge is 0.319 e. The highest BCUT2D eigenvalue weighted by molar-refractivity contribution is 5.89. The Morgan fingerprint density at radius 3 is 2.82 bits per heavy atom. The van der Waals surface area contributed by atoms with Crippen LogP contribution in [-0.2, 0) is 23.0 Å². The molecule has 1 aromatic carbocycles. The SMILES string of the molecule is Cn1nccc1CCNC(=O)Nc1cccc(OCC(=O)N2CCOCC2)c1. The highest BCUT2D eigenvalue weighted by Gasteiger charge is 2.17. The Bertz CT molecular complexity index is 801. The lowest BCUT2D eigenvalue weighted by molar-refractivity contribution is -0.137. The summed E-state index contributed by atoms with van der Waals surface area (Å²) in [7, 11) is 1.87. The highest BCUT2D eigenvalue weighted by Crippen LogP contribution is 2.17. The number of hydrogen-bond donors (Lipinski definition) is 2. The summed E-state index contributed by atoms with van der Waals surface area (Å²) in [5.74, 6) is 0.448. The van der Waals surface area contributed by atoms with E-state index in [4.69, 9.17) is 9.47 Å². The number of carbonyl (C=O) groups is 2. The number of carbonyl (C=O) groups excluding carboxylic acids is 2. The van der Waals surface area contributed by atoms with Gasteiger partial charge in [0, 0.05) is 56.7 Å². The van der Waals surface area contributed by atoms with Gasteiger partial charge in [-0.3, -0.25) is 9.48 Å². The van der Waals surface area contributed by atoms with Gasteiger partial charge in [0.05, 0.1) is 13.2 Å². The molecule has 150 valence electrons. The van der Waals surface area contributed by atoms with Gasteiger partial charge in [-0.2, -0.15) is 5.10 Å². The molecule has 9 heteroatoms. The monoisotopic (exact) mass is 387 g/mol. The lowest BCUT2D eigenvalue weighted by Crippen LogP contribution is -2.42. The third kappa shape index (κ3) is 5.71. The number of rotatable bonds is 7. The fourth-order valence-corrected chi connectivity index (χ4v) is 2.84. The molecule has 1 aliphatic rings. The number of aryl methyl sites for hydroxylation is 1. The minimum Gasteiger partial charge on any atom is -0.484 e. The van der Waals surface area contributed by atoms with E-state index in [-0.39, 0.29) is 18.5 Å². The maximum absolute atomic E-state index is 12.1. The third-order valence-corrected chi connectivity index (χ3v) is 4.41. The van der Waals surface area contributed by atoms with Gasteiger partial charge in [0.25, 0.3) is 5.91 Å². The molecule has 0 aliphatic carbocycles. The van der Waals surface area contributed by atoms with Gasteiger partial charge >= 0.3 is 6.03 Å². The maximum atomic E-state index is 12.1. The molecule has 0 radical (unpaired) electrons. The van der Waals surface area contributed by atoms with Gasteiger partial charge in [-0.15, -0.1) is 0 Å². The largest absolute Gasteiger partial charge is 0.484 e. The molecule has 2 heterocycles. The number of aromatic nitrogens is 2. The van der Waals surface area contributed by atoms with Crippen molar-refractivity contribution in [3.63, 3.8) is 0 Å². The first-order valence-corrected chi connectivity index (χ1v) is 9.22. The number of ether oxygens (including phenoxy) is 2. The summed E-state index contributed by atoms with van der Waals surface area (Å²) in [6, 6.07) is 8.57. The third-order valence-electron chi connectivity index (χ3n) is 4.41. The topological polar surface area (TPSA) is 97.7 Å². The summed E-state index contributed by atoms with van der Waals surface area (Å²) >= 11 is 0. The normalized spacial score (nSPS) is 13.8. The summed E-state index contributed by atoms with van der Waals surface area (Å²) in [5.41, 5.74) is 1.63. The van der Waals surface area contributed by atoms with E-state index in [1.807, 2.05) is 13.1 Å². The molecule has 0 unspecified atom stereocenters. The minimum atomic E-state index is -0.302. The summed E-state index contributed by atoms with van der Waals surface area (Å²) in [6.45, 7) is 2.74. The van der Waals surface area contributed by atoms with Gasteiger partial charge in [0.2, 0.25) is 0 Å². The number of urea groups is 1. The Kier molecular flexibility index (Phi) is 6.85. The zero-order valence-electron chi connectivity index (χ0n) is 15.9. The van der Waals surface area contributed by atoms with Crippen LogP contribution in [0.5, 0.6) is 5.75 Å². The number of benzene rings is 1. The molecule has 1 aromatic heterocycles. The summed E-state index contributed by atoms with van der Waals surface area (Å²) in [4.78, 5) is 25.9. The Morgan fingerprint density at radius 2 is 2.07 bits per heavy atom. The number of anilines is 1. The van der Waals surface area contributed by atoms with E-state index in [2.05, 4.69) is 15.7 Å². The van der Waals surface area contributed by atoms with Crippen LogP contribution in [0.1, 0.15) is 5.69 Å². The lowest BCUT2D eigenvalue weighted by atomic mass is 10.3. The molecule has 1 fully saturated rings. The van der Waals surface area contributed by atoms with Crippen molar-refractivity contribution in [2.24, 2.45) is 7.05 Å². The van der Waals surface area contributed by atoms with Gasteiger partial charge in [0.1, 0.15) is 5.75 Å². The zero-order chi connectivity index (χ0) is 19.8. The first-order valence-electron chi connectivity index (χ1n) is 9.22. The van der Waals surface area contributed by atoms with Crippen LogP contribution in [0.2, 0.25) is 0 Å². The molecule has 0 bridgehead atoms. The zero-order valence-corrected chi connectivity index (χ0v) is 15.9. The molecule has 3 rings (SSSR count). The summed E-state index contributed by atoms with van der Waals surface area (Å²) in [5, 5.41) is 9.66. The van der Waals surface area contributed by atoms with E-state index >= 15 is 0 Å². The van der Waals surface area contributed by atoms with Gasteiger partial charge in [-0.1, -0.05) is 6.07 Å². The molecule has 2 aromatic rings. The van der Waals surface area contributed by atoms with E-state index in [9.17, 15) is 9.59 Å². The number of morpholine rings is 1. The van der Waals surface area contributed by atoms with Crippen molar-refractivity contribution in [1.29, 1.82) is 0 Å². The lowest BCUT2D eigenvalue weighted by Gasteiger charge is -2.26. The predicted octanol–water partition coefficient (Wildman–Crippen LogP) is 1.02. The van der Waals surface area contributed by atoms with E-state index in [0.717, 1.165) is 5.69 Å². The van der Waals surface area contributed by atoms with Crippen LogP contribution < -0.4 is 15.4 Å². The van der Waals surface area contributed by atoms with Gasteiger partial charge < -0.3 is 25.0 Å². The fourth-order valence-electron chi connectivity index (χ4n) is 2.84. The second-order valence-corrected chi connectivity index (χ2v) is 6.39. The van der Waals surface area contributed by atoms with Crippen LogP contribution >= 0.6 is 0 Å². The summed E-state index contributed by atoms with van der Waals surface area (Å²) < 4.78 is 12.6. The molecule has 28 heavy (non-hydrogen) atoms. The molecule has 9 nitrogen and oxygen atoms in total. The molecule has 0 spiro atoms. The number of hydrogen-bond acceptors (Lipinski definition) is 5. The van der Waals surface area contributed by atoms with Crippen molar-refractivity contribution in [3.05, 3.63) is 42.2 Å². The average Bonchev–Trinajstić information content (AvgIpc) is 3.12. The summed E-state index contributed by atoms with van der Waals surface area (Å²) in [6.07, 6.45) is 2.42. The first-order chi connectivity index (χ1) is 13.6. The van der Waals surface area contributed by atoms with Gasteiger partial charge in [-0.25, -0.2) is 4.79 Å². The molecule has 1 saturated heterocycles. The van der Waals surface area contributed by atoms with Crippen molar-refractivity contribution < 1.29 is 19.1 Å². The van der Waals surface area contributed by atoms with Crippen LogP contribution in [0.4, 0.5) is 10.5 Å². The van der Waals surface area contributed by atoms with E-state index in [1.165, 1.54) is 0 Å². The number of nitrogens with zero attached hydrogens (tertiary/aromatic N) is 3. The van der Waals surface area contributed by atoms with Crippen molar-refractivity contribution >= 4 is 17.6 Å². The van der Waals surface area contributed by atoms with Crippen LogP contribution in [0.25, 0.3) is 0 Å². The van der Waals surface area contributed by atoms with Crippen molar-refractivity contribution in [1.82, 2.24) is 20.0 Å². The maximum Gasteiger partial charge on any atom is 0.319 e. The highest BCUT2D eigenvalue weighted by atomic mass is 16.5. The van der Waals surface area contributed by atoms with Crippen LogP contribution in [0.15, 0.2) is 36.5 Å². The van der Waals surface area contributed by atoms with Gasteiger partial charge in [0.15, 0.2) is 6.61 Å². The van der Waals surface area contributed by atoms with Crippen molar-refractivity contribution in [3.8, 4) is 5.75 Å². The second-order valence-electron chi connectivity index (χ2n) is 6.39. The van der Waals surface area contributed by atoms with Crippen molar-refractivity contribution in [2.45, 2.75) is 6.42 Å². The molecule has 0 atom stereocenters. The molecule has 1 aliphatic heterocycles. The standard InChI is InChI=1S/C19H25N5O4/c1-23-16(6-8-21-23)5-7-20-19(26)22-15-3-2-4-17(13-15)28-14-18(25)24-9-11-27-12-10-24/h2-4,6,8,13H,5,7,9-12,14H2,1H3,(H2,20,22,26). The Morgan fingerprint density at radius 1 is 1.25 bits per heavy atom. The van der Waals surface area contributed by atoms with Gasteiger partial charge in [-0.05, 0) is 18.2 Å². The molecule has 3 amide bonds. The van der Waals surface area contributed by atoms with E-state index in [1.54, 1.807) is 40.0 Å². The van der Waals surface area contributed by atoms with Crippen molar-refractivity contribution in [2.75, 3.05) is 44.8 Å². The number of nitrogens with one attached hydrogen (secondary N) is 2. The van der Waals surface area contributed by atoms with Crippen LogP contribution in [0.3, 0.4) is 0 Å². The van der Waals surface area contributed by atoms with Crippen LogP contribution in [0, 0.1) is 0 Å². The van der Waals surface area contributed by atoms with E-state index in [0.29, 0.717) is 50.7 Å². The quantitative estimate of drug-likeness (QED) is 0.739. The van der Waals surface area contributed by atoms with Crippen LogP contribution in [-0.4, -0.2) is 66.1 Å². The Labute approximate surface area is 163 Å².